The summed E-state index contributed by atoms with van der Waals surface area (Å²) >= 11 is 9.83. The Morgan fingerprint density at radius 1 is 0.966 bits per heavy atom. The van der Waals surface area contributed by atoms with Gasteiger partial charge in [0.05, 0.1) is 23.1 Å². The zero-order valence-electron chi connectivity index (χ0n) is 15.5. The minimum Gasteiger partial charge on any atom is -0.365 e. The Balaban J connectivity index is 1.50. The SMILES string of the molecule is O=C(c1ccccc1Br)N1CCN(c2cnn(-c3ccccc3)c(=O)c2Cl)CC1. The Morgan fingerprint density at radius 2 is 1.62 bits per heavy atom. The second-order valence-corrected chi connectivity index (χ2v) is 7.89. The average Bonchev–Trinajstić information content (AvgIpc) is 2.76. The number of anilines is 1. The summed E-state index contributed by atoms with van der Waals surface area (Å²) in [6.07, 6.45) is 1.61. The smallest absolute Gasteiger partial charge is 0.292 e. The van der Waals surface area contributed by atoms with E-state index in [1.165, 1.54) is 4.68 Å². The number of rotatable bonds is 3. The number of carbonyl (C=O) groups is 1. The van der Waals surface area contributed by atoms with E-state index in [2.05, 4.69) is 21.0 Å². The van der Waals surface area contributed by atoms with Crippen molar-refractivity contribution in [2.45, 2.75) is 0 Å². The van der Waals surface area contributed by atoms with Crippen LogP contribution in [0, 0.1) is 0 Å². The molecule has 1 aromatic heterocycles. The molecule has 0 saturated carbocycles. The minimum atomic E-state index is -0.359. The number of benzene rings is 2. The van der Waals surface area contributed by atoms with E-state index in [4.69, 9.17) is 11.6 Å². The van der Waals surface area contributed by atoms with Crippen LogP contribution >= 0.6 is 27.5 Å². The fourth-order valence-electron chi connectivity index (χ4n) is 3.35. The lowest BCUT2D eigenvalue weighted by Gasteiger charge is -2.36. The number of aromatic nitrogens is 2. The maximum Gasteiger partial charge on any atom is 0.292 e. The fraction of sp³-hybridized carbons (Fsp3) is 0.190. The molecule has 0 spiro atoms. The third-order valence-electron chi connectivity index (χ3n) is 4.91. The second kappa shape index (κ2) is 8.39. The highest BCUT2D eigenvalue weighted by molar-refractivity contribution is 9.10. The number of hydrogen-bond donors (Lipinski definition) is 0. The molecule has 0 radical (unpaired) electrons. The van der Waals surface area contributed by atoms with Crippen LogP contribution in [0.4, 0.5) is 5.69 Å². The lowest BCUT2D eigenvalue weighted by atomic mass is 10.2. The second-order valence-electron chi connectivity index (χ2n) is 6.66. The lowest BCUT2D eigenvalue weighted by Crippen LogP contribution is -2.49. The Bertz CT molecular complexity index is 1100. The number of amides is 1. The maximum atomic E-state index is 12.8. The zero-order chi connectivity index (χ0) is 20.4. The van der Waals surface area contributed by atoms with Crippen molar-refractivity contribution in [1.29, 1.82) is 0 Å². The number of piperazine rings is 1. The molecule has 0 unspecified atom stereocenters. The summed E-state index contributed by atoms with van der Waals surface area (Å²) in [4.78, 5) is 29.3. The molecule has 2 heterocycles. The van der Waals surface area contributed by atoms with Gasteiger partial charge in [0.2, 0.25) is 0 Å². The number of para-hydroxylation sites is 1. The van der Waals surface area contributed by atoms with Gasteiger partial charge >= 0.3 is 0 Å². The van der Waals surface area contributed by atoms with E-state index in [1.807, 2.05) is 52.3 Å². The number of carbonyl (C=O) groups excluding carboxylic acids is 1. The van der Waals surface area contributed by atoms with Crippen LogP contribution in [0.3, 0.4) is 0 Å². The molecule has 3 aromatic rings. The van der Waals surface area contributed by atoms with Crippen molar-refractivity contribution in [3.05, 3.63) is 86.2 Å². The van der Waals surface area contributed by atoms with Crippen molar-refractivity contribution in [1.82, 2.24) is 14.7 Å². The molecular formula is C21H18BrClN4O2. The summed E-state index contributed by atoms with van der Waals surface area (Å²) in [5.41, 5.74) is 1.54. The molecule has 0 bridgehead atoms. The van der Waals surface area contributed by atoms with Crippen LogP contribution in [0.5, 0.6) is 0 Å². The molecule has 1 amide bonds. The molecule has 8 heteroatoms. The first-order valence-electron chi connectivity index (χ1n) is 9.18. The molecule has 6 nitrogen and oxygen atoms in total. The van der Waals surface area contributed by atoms with Gasteiger partial charge in [-0.05, 0) is 40.2 Å². The highest BCUT2D eigenvalue weighted by Crippen LogP contribution is 2.24. The van der Waals surface area contributed by atoms with Crippen molar-refractivity contribution in [2.24, 2.45) is 0 Å². The van der Waals surface area contributed by atoms with Crippen LogP contribution in [0.15, 0.2) is 70.1 Å². The van der Waals surface area contributed by atoms with Crippen molar-refractivity contribution in [3.8, 4) is 5.69 Å². The van der Waals surface area contributed by atoms with Crippen molar-refractivity contribution >= 4 is 39.1 Å². The first-order chi connectivity index (χ1) is 14.1. The third-order valence-corrected chi connectivity index (χ3v) is 5.96. The number of hydrogen-bond acceptors (Lipinski definition) is 4. The molecule has 1 aliphatic rings. The van der Waals surface area contributed by atoms with Crippen molar-refractivity contribution < 1.29 is 4.79 Å². The van der Waals surface area contributed by atoms with Crippen LogP contribution in [-0.2, 0) is 0 Å². The summed E-state index contributed by atoms with van der Waals surface area (Å²) in [6.45, 7) is 2.23. The Morgan fingerprint density at radius 3 is 2.31 bits per heavy atom. The summed E-state index contributed by atoms with van der Waals surface area (Å²) in [5.74, 6) is -0.0131. The van der Waals surface area contributed by atoms with Gasteiger partial charge in [-0.2, -0.15) is 9.78 Å². The van der Waals surface area contributed by atoms with Gasteiger partial charge in [-0.1, -0.05) is 41.9 Å². The minimum absolute atomic E-state index is 0.0131. The van der Waals surface area contributed by atoms with E-state index in [0.717, 1.165) is 4.47 Å². The van der Waals surface area contributed by atoms with Gasteiger partial charge in [0.15, 0.2) is 0 Å². The van der Waals surface area contributed by atoms with E-state index in [9.17, 15) is 9.59 Å². The molecule has 4 rings (SSSR count). The largest absolute Gasteiger partial charge is 0.365 e. The molecule has 1 fully saturated rings. The van der Waals surface area contributed by atoms with E-state index >= 15 is 0 Å². The average molecular weight is 474 g/mol. The zero-order valence-corrected chi connectivity index (χ0v) is 17.8. The van der Waals surface area contributed by atoms with E-state index < -0.39 is 0 Å². The maximum absolute atomic E-state index is 12.8. The van der Waals surface area contributed by atoms with Gasteiger partial charge < -0.3 is 9.80 Å². The van der Waals surface area contributed by atoms with Crippen LogP contribution in [0.25, 0.3) is 5.69 Å². The van der Waals surface area contributed by atoms with Gasteiger partial charge in [-0.3, -0.25) is 9.59 Å². The Labute approximate surface area is 181 Å². The normalized spacial score (nSPS) is 14.1. The van der Waals surface area contributed by atoms with Gasteiger partial charge in [-0.25, -0.2) is 0 Å². The molecule has 2 aromatic carbocycles. The van der Waals surface area contributed by atoms with Crippen LogP contribution in [-0.4, -0.2) is 46.8 Å². The summed E-state index contributed by atoms with van der Waals surface area (Å²) in [7, 11) is 0. The van der Waals surface area contributed by atoms with E-state index in [0.29, 0.717) is 43.1 Å². The Hall–Kier alpha value is -2.64. The first kappa shape index (κ1) is 19.7. The molecule has 29 heavy (non-hydrogen) atoms. The number of halogens is 2. The molecule has 0 aliphatic carbocycles. The van der Waals surface area contributed by atoms with Crippen molar-refractivity contribution in [2.75, 3.05) is 31.1 Å². The quantitative estimate of drug-likeness (QED) is 0.583. The third kappa shape index (κ3) is 3.93. The monoisotopic (exact) mass is 472 g/mol. The van der Waals surface area contributed by atoms with E-state index in [-0.39, 0.29) is 16.5 Å². The molecule has 0 N–H and O–H groups in total. The highest BCUT2D eigenvalue weighted by atomic mass is 79.9. The first-order valence-corrected chi connectivity index (χ1v) is 10.4. The lowest BCUT2D eigenvalue weighted by molar-refractivity contribution is 0.0746. The van der Waals surface area contributed by atoms with E-state index in [1.54, 1.807) is 18.3 Å². The van der Waals surface area contributed by atoms with Gasteiger partial charge in [0, 0.05) is 30.7 Å². The summed E-state index contributed by atoms with van der Waals surface area (Å²) < 4.78 is 2.07. The topological polar surface area (TPSA) is 58.4 Å². The molecule has 1 aliphatic heterocycles. The van der Waals surface area contributed by atoms with Crippen LogP contribution in [0.2, 0.25) is 5.02 Å². The van der Waals surface area contributed by atoms with Crippen LogP contribution in [0.1, 0.15) is 10.4 Å². The summed E-state index contributed by atoms with van der Waals surface area (Å²) in [5, 5.41) is 4.42. The van der Waals surface area contributed by atoms with Gasteiger partial charge in [-0.15, -0.1) is 0 Å². The number of nitrogens with zero attached hydrogens (tertiary/aromatic N) is 4. The van der Waals surface area contributed by atoms with Gasteiger partial charge in [0.1, 0.15) is 5.02 Å². The standard InChI is InChI=1S/C21H18BrClN4O2/c22-17-9-5-4-8-16(17)20(28)26-12-10-25(11-13-26)18-14-24-27(21(29)19(18)23)15-6-2-1-3-7-15/h1-9,14H,10-13H2. The molecule has 0 atom stereocenters. The Kier molecular flexibility index (Phi) is 5.69. The fourth-order valence-corrected chi connectivity index (χ4v) is 4.06. The molecular weight excluding hydrogens is 456 g/mol. The molecule has 1 saturated heterocycles. The predicted molar refractivity (Wildman–Crippen MR) is 117 cm³/mol. The highest BCUT2D eigenvalue weighted by Gasteiger charge is 2.25. The molecule has 148 valence electrons. The predicted octanol–water partition coefficient (Wildman–Crippen LogP) is 3.61. The van der Waals surface area contributed by atoms with Crippen LogP contribution < -0.4 is 10.5 Å². The summed E-state index contributed by atoms with van der Waals surface area (Å²) in [6, 6.07) is 16.6. The van der Waals surface area contributed by atoms with Crippen molar-refractivity contribution in [3.63, 3.8) is 0 Å². The van der Waals surface area contributed by atoms with Gasteiger partial charge in [0.25, 0.3) is 11.5 Å².